The third-order valence-electron chi connectivity index (χ3n) is 2.63. The van der Waals surface area contributed by atoms with Crippen molar-refractivity contribution < 1.29 is 20.1 Å². The molecule has 0 atom stereocenters. The van der Waals surface area contributed by atoms with Crippen LogP contribution in [0.5, 0.6) is 0 Å². The van der Waals surface area contributed by atoms with Crippen molar-refractivity contribution in [2.45, 2.75) is 26.7 Å². The van der Waals surface area contributed by atoms with Crippen molar-refractivity contribution in [2.24, 2.45) is 5.92 Å². The first-order valence-corrected chi connectivity index (χ1v) is 6.14. The smallest absolute Gasteiger partial charge is 0.0429 e. The van der Waals surface area contributed by atoms with Crippen molar-refractivity contribution in [3.05, 3.63) is 65.5 Å². The molecule has 1 heterocycles. The van der Waals surface area contributed by atoms with Gasteiger partial charge < -0.3 is 0 Å². The summed E-state index contributed by atoms with van der Waals surface area (Å²) in [5.74, 6) is 0.654. The normalized spacial score (nSPS) is 10.2. The van der Waals surface area contributed by atoms with E-state index < -0.39 is 0 Å². The van der Waals surface area contributed by atoms with Crippen LogP contribution in [0.1, 0.15) is 30.8 Å². The zero-order valence-corrected chi connectivity index (χ0v) is 13.2. The van der Waals surface area contributed by atoms with Crippen LogP contribution in [0.15, 0.2) is 42.5 Å². The molecule has 2 aromatic rings. The molecule has 0 fully saturated rings. The Morgan fingerprint density at radius 2 is 1.83 bits per heavy atom. The molecule has 2 rings (SSSR count). The van der Waals surface area contributed by atoms with Crippen LogP contribution in [0.4, 0.5) is 0 Å². The van der Waals surface area contributed by atoms with Crippen LogP contribution < -0.4 is 0 Å². The molecule has 0 saturated carbocycles. The number of hydrogen-bond donors (Lipinski definition) is 0. The van der Waals surface area contributed by atoms with Crippen LogP contribution in [-0.2, 0) is 32.9 Å². The number of hydrogen-bond acceptors (Lipinski definition) is 1. The molecule has 2 heteroatoms. The first-order valence-electron chi connectivity index (χ1n) is 6.14. The van der Waals surface area contributed by atoms with Crippen molar-refractivity contribution >= 4 is 0 Å². The number of benzene rings is 1. The molecule has 0 spiro atoms. The van der Waals surface area contributed by atoms with Gasteiger partial charge in [0.05, 0.1) is 0 Å². The van der Waals surface area contributed by atoms with Crippen LogP contribution in [0.2, 0.25) is 0 Å². The topological polar surface area (TPSA) is 12.9 Å². The fraction of sp³-hybridized carbons (Fsp3) is 0.312. The second-order valence-corrected chi connectivity index (χ2v) is 4.78. The van der Waals surface area contributed by atoms with E-state index in [4.69, 9.17) is 0 Å². The Morgan fingerprint density at radius 1 is 1.06 bits per heavy atom. The summed E-state index contributed by atoms with van der Waals surface area (Å²) >= 11 is 0. The Labute approximate surface area is 123 Å². The number of rotatable bonds is 4. The molecule has 0 amide bonds. The van der Waals surface area contributed by atoms with Gasteiger partial charge >= 0.3 is 0 Å². The molecule has 0 aliphatic heterocycles. The van der Waals surface area contributed by atoms with Crippen LogP contribution in [-0.4, -0.2) is 4.98 Å². The summed E-state index contributed by atoms with van der Waals surface area (Å²) < 4.78 is 0. The van der Waals surface area contributed by atoms with Gasteiger partial charge in [0.1, 0.15) is 0 Å². The fourth-order valence-corrected chi connectivity index (χ4v) is 1.90. The second-order valence-electron chi connectivity index (χ2n) is 4.78. The van der Waals surface area contributed by atoms with Gasteiger partial charge in [0, 0.05) is 31.5 Å². The number of aromatic nitrogens is 1. The summed E-state index contributed by atoms with van der Waals surface area (Å²) in [6.45, 7) is 4.44. The van der Waals surface area contributed by atoms with E-state index in [1.165, 1.54) is 11.3 Å². The molecule has 0 aliphatic rings. The third kappa shape index (κ3) is 4.72. The average Bonchev–Trinajstić information content (AvgIpc) is 2.30. The van der Waals surface area contributed by atoms with E-state index in [-0.39, 0.29) is 20.1 Å². The minimum Gasteiger partial charge on any atom is -0.258 e. The molecule has 0 saturated heterocycles. The van der Waals surface area contributed by atoms with Crippen molar-refractivity contribution in [1.82, 2.24) is 4.98 Å². The summed E-state index contributed by atoms with van der Waals surface area (Å²) in [4.78, 5) is 4.69. The molecule has 1 aromatic heterocycles. The van der Waals surface area contributed by atoms with Gasteiger partial charge in [-0.05, 0) is 30.9 Å². The summed E-state index contributed by atoms with van der Waals surface area (Å²) in [5, 5.41) is 0. The number of pyridine rings is 1. The molecule has 18 heavy (non-hydrogen) atoms. The predicted molar refractivity (Wildman–Crippen MR) is 70.9 cm³/mol. The first-order chi connectivity index (χ1) is 8.24. The second kappa shape index (κ2) is 7.45. The van der Waals surface area contributed by atoms with E-state index in [1.54, 1.807) is 0 Å². The van der Waals surface area contributed by atoms with Gasteiger partial charge in [0.15, 0.2) is 0 Å². The Bertz CT molecular complexity index is 466. The van der Waals surface area contributed by atoms with Crippen molar-refractivity contribution in [3.8, 4) is 0 Å². The summed E-state index contributed by atoms with van der Waals surface area (Å²) in [7, 11) is 0. The molecule has 0 aliphatic carbocycles. The van der Waals surface area contributed by atoms with Gasteiger partial charge in [0.25, 0.3) is 0 Å². The quantitative estimate of drug-likeness (QED) is 0.693. The van der Waals surface area contributed by atoms with Crippen molar-refractivity contribution in [1.29, 1.82) is 0 Å². The maximum Gasteiger partial charge on any atom is 0.0429 e. The van der Waals surface area contributed by atoms with E-state index in [9.17, 15) is 0 Å². The third-order valence-corrected chi connectivity index (χ3v) is 2.63. The molecule has 0 bridgehead atoms. The largest absolute Gasteiger partial charge is 0.258 e. The van der Waals surface area contributed by atoms with Crippen LogP contribution in [0.3, 0.4) is 0 Å². The van der Waals surface area contributed by atoms with E-state index >= 15 is 0 Å². The standard InChI is InChI=1S/C16H18N.Ir/c1-13(2)11-15-9-6-10-16(17-15)12-14-7-4-3-5-8-14;/h3-7,9-10,13H,11-12H2,1-2H3;/q-1;. The SMILES string of the molecule is CC(C)Cc1cccc(Cc2[c-]cccc2)n1.[Ir]. The van der Waals surface area contributed by atoms with Gasteiger partial charge in [-0.15, -0.1) is 0 Å². The predicted octanol–water partition coefficient (Wildman–Crippen LogP) is 3.67. The monoisotopic (exact) mass is 417 g/mol. The molecule has 1 radical (unpaired) electrons. The molecule has 97 valence electrons. The van der Waals surface area contributed by atoms with E-state index in [1.807, 2.05) is 18.2 Å². The van der Waals surface area contributed by atoms with E-state index in [0.717, 1.165) is 18.5 Å². The molecular weight excluding hydrogens is 398 g/mol. The Hall–Kier alpha value is -0.981. The van der Waals surface area contributed by atoms with E-state index in [2.05, 4.69) is 49.2 Å². The minimum absolute atomic E-state index is 0. The molecule has 1 aromatic carbocycles. The number of nitrogens with zero attached hydrogens (tertiary/aromatic N) is 1. The van der Waals surface area contributed by atoms with Gasteiger partial charge in [-0.2, -0.15) is 35.9 Å². The average molecular weight is 417 g/mol. The van der Waals surface area contributed by atoms with Crippen molar-refractivity contribution in [3.63, 3.8) is 0 Å². The maximum atomic E-state index is 4.69. The molecule has 0 N–H and O–H groups in total. The van der Waals surface area contributed by atoms with Crippen molar-refractivity contribution in [2.75, 3.05) is 0 Å². The zero-order valence-electron chi connectivity index (χ0n) is 10.8. The van der Waals surface area contributed by atoms with Crippen LogP contribution >= 0.6 is 0 Å². The Morgan fingerprint density at radius 3 is 2.50 bits per heavy atom. The minimum atomic E-state index is 0. The Balaban J connectivity index is 0.00000162. The molecule has 0 unspecified atom stereocenters. The van der Waals surface area contributed by atoms with E-state index in [0.29, 0.717) is 5.92 Å². The van der Waals surface area contributed by atoms with Crippen LogP contribution in [0.25, 0.3) is 0 Å². The maximum absolute atomic E-state index is 4.69. The first kappa shape index (κ1) is 15.1. The van der Waals surface area contributed by atoms with Gasteiger partial charge in [-0.1, -0.05) is 19.9 Å². The zero-order chi connectivity index (χ0) is 12.1. The summed E-state index contributed by atoms with van der Waals surface area (Å²) in [6.07, 6.45) is 1.92. The fourth-order valence-electron chi connectivity index (χ4n) is 1.90. The Kier molecular flexibility index (Phi) is 6.24. The molecular formula is C16H18IrN-. The summed E-state index contributed by atoms with van der Waals surface area (Å²) in [6, 6.07) is 17.6. The summed E-state index contributed by atoms with van der Waals surface area (Å²) in [5.41, 5.74) is 3.51. The van der Waals surface area contributed by atoms with Gasteiger partial charge in [-0.3, -0.25) is 4.98 Å². The van der Waals surface area contributed by atoms with Crippen LogP contribution in [0, 0.1) is 12.0 Å². The van der Waals surface area contributed by atoms with Gasteiger partial charge in [0.2, 0.25) is 0 Å². The van der Waals surface area contributed by atoms with Gasteiger partial charge in [-0.25, -0.2) is 0 Å². The molecule has 1 nitrogen and oxygen atoms in total.